The Bertz CT molecular complexity index is 1100. The first-order valence-electron chi connectivity index (χ1n) is 12.6. The normalized spacial score (nSPS) is 13.4. The van der Waals surface area contributed by atoms with E-state index >= 15 is 0 Å². The highest BCUT2D eigenvalue weighted by atomic mass is 16.5. The SMILES string of the molecule is C=C/C(OC)=C(\C=C(/C)Nc1ccc(CCNCC(O)/C=C/CNC(=C)/C=C\C)cc1)c1ccccc1. The van der Waals surface area contributed by atoms with Crippen molar-refractivity contribution in [1.29, 1.82) is 0 Å². The van der Waals surface area contributed by atoms with Gasteiger partial charge in [0.25, 0.3) is 0 Å². The van der Waals surface area contributed by atoms with Crippen molar-refractivity contribution >= 4 is 11.3 Å². The van der Waals surface area contributed by atoms with Gasteiger partial charge < -0.3 is 25.8 Å². The minimum atomic E-state index is -0.521. The Morgan fingerprint density at radius 2 is 1.84 bits per heavy atom. The van der Waals surface area contributed by atoms with E-state index in [0.29, 0.717) is 13.1 Å². The number of ether oxygens (including phenoxy) is 1. The van der Waals surface area contributed by atoms with Crippen molar-refractivity contribution in [1.82, 2.24) is 10.6 Å². The van der Waals surface area contributed by atoms with E-state index in [-0.39, 0.29) is 0 Å². The van der Waals surface area contributed by atoms with Crippen molar-refractivity contribution in [2.24, 2.45) is 0 Å². The van der Waals surface area contributed by atoms with Crippen molar-refractivity contribution in [3.8, 4) is 0 Å². The lowest BCUT2D eigenvalue weighted by molar-refractivity contribution is 0.219. The number of hydrogen-bond acceptors (Lipinski definition) is 5. The van der Waals surface area contributed by atoms with Crippen LogP contribution in [0.1, 0.15) is 25.0 Å². The molecule has 0 amide bonds. The van der Waals surface area contributed by atoms with Crippen molar-refractivity contribution < 1.29 is 9.84 Å². The average Bonchev–Trinajstić information content (AvgIpc) is 2.91. The second-order valence-corrected chi connectivity index (χ2v) is 8.56. The molecule has 196 valence electrons. The van der Waals surface area contributed by atoms with Gasteiger partial charge in [-0.15, -0.1) is 0 Å². The summed E-state index contributed by atoms with van der Waals surface area (Å²) in [5.41, 5.74) is 6.13. The molecule has 4 N–H and O–H groups in total. The number of rotatable bonds is 16. The molecule has 5 nitrogen and oxygen atoms in total. The van der Waals surface area contributed by atoms with E-state index < -0.39 is 6.10 Å². The van der Waals surface area contributed by atoms with Crippen molar-refractivity contribution in [3.63, 3.8) is 0 Å². The summed E-state index contributed by atoms with van der Waals surface area (Å²) in [4.78, 5) is 0. The molecule has 0 spiro atoms. The molecule has 37 heavy (non-hydrogen) atoms. The average molecular weight is 500 g/mol. The topological polar surface area (TPSA) is 65.5 Å². The number of allylic oxidation sites excluding steroid dienone is 6. The molecule has 2 aromatic rings. The maximum absolute atomic E-state index is 10.1. The molecule has 0 saturated carbocycles. The Hall–Kier alpha value is -3.80. The predicted molar refractivity (Wildman–Crippen MR) is 158 cm³/mol. The monoisotopic (exact) mass is 499 g/mol. The molecule has 0 saturated heterocycles. The maximum Gasteiger partial charge on any atom is 0.126 e. The number of hydrogen-bond donors (Lipinski definition) is 4. The van der Waals surface area contributed by atoms with E-state index in [2.05, 4.69) is 71.6 Å². The number of nitrogens with one attached hydrogen (secondary N) is 3. The molecule has 0 fully saturated rings. The van der Waals surface area contributed by atoms with E-state index in [0.717, 1.165) is 46.9 Å². The van der Waals surface area contributed by atoms with E-state index in [9.17, 15) is 5.11 Å². The summed E-state index contributed by atoms with van der Waals surface area (Å²) < 4.78 is 5.54. The quantitative estimate of drug-likeness (QED) is 0.0991. The summed E-state index contributed by atoms with van der Waals surface area (Å²) in [6.07, 6.45) is 11.7. The van der Waals surface area contributed by atoms with Gasteiger partial charge in [0.2, 0.25) is 0 Å². The molecular weight excluding hydrogens is 458 g/mol. The first kappa shape index (κ1) is 29.4. The molecular formula is C32H41N3O2. The van der Waals surface area contributed by atoms with Crippen LogP contribution >= 0.6 is 0 Å². The highest BCUT2D eigenvalue weighted by Gasteiger charge is 2.06. The van der Waals surface area contributed by atoms with Crippen LogP contribution < -0.4 is 16.0 Å². The second kappa shape index (κ2) is 16.8. The second-order valence-electron chi connectivity index (χ2n) is 8.56. The van der Waals surface area contributed by atoms with Gasteiger partial charge in [-0.1, -0.05) is 73.9 Å². The van der Waals surface area contributed by atoms with Crippen molar-refractivity contribution in [2.45, 2.75) is 26.4 Å². The van der Waals surface area contributed by atoms with Gasteiger partial charge in [0, 0.05) is 35.7 Å². The molecule has 5 heteroatoms. The van der Waals surface area contributed by atoms with Crippen molar-refractivity contribution in [2.75, 3.05) is 32.1 Å². The van der Waals surface area contributed by atoms with Gasteiger partial charge in [0.1, 0.15) is 5.76 Å². The first-order chi connectivity index (χ1) is 18.0. The summed E-state index contributed by atoms with van der Waals surface area (Å²) >= 11 is 0. The van der Waals surface area contributed by atoms with Gasteiger partial charge in [0.05, 0.1) is 13.2 Å². The highest BCUT2D eigenvalue weighted by Crippen LogP contribution is 2.23. The molecule has 1 unspecified atom stereocenters. The Labute approximate surface area is 222 Å². The molecule has 0 bridgehead atoms. The standard InChI is InChI=1S/C32H41N3O2/c1-6-12-25(3)34-21-11-15-30(36)24-33-22-20-27-16-18-29(19-17-27)35-26(4)23-31(32(7-2)37-5)28-13-9-8-10-14-28/h6-19,23,30,33-36H,2-3,20-22,24H2,1,4-5H3/b12-6-,15-11+,26-23+,32-31-. The predicted octanol–water partition coefficient (Wildman–Crippen LogP) is 5.97. The number of aliphatic hydroxyl groups is 1. The molecule has 2 rings (SSSR count). The minimum Gasteiger partial charge on any atom is -0.496 e. The fourth-order valence-corrected chi connectivity index (χ4v) is 3.68. The zero-order valence-corrected chi connectivity index (χ0v) is 22.3. The van der Waals surface area contributed by atoms with Crippen LogP contribution in [0.2, 0.25) is 0 Å². The molecule has 0 heterocycles. The molecule has 0 aromatic heterocycles. The smallest absolute Gasteiger partial charge is 0.126 e. The van der Waals surface area contributed by atoms with Crippen LogP contribution in [0.4, 0.5) is 5.69 Å². The Kier molecular flexibility index (Phi) is 13.4. The third-order valence-electron chi connectivity index (χ3n) is 5.53. The van der Waals surface area contributed by atoms with Gasteiger partial charge in [-0.25, -0.2) is 0 Å². The van der Waals surface area contributed by atoms with Gasteiger partial charge >= 0.3 is 0 Å². The van der Waals surface area contributed by atoms with E-state index in [4.69, 9.17) is 4.74 Å². The van der Waals surface area contributed by atoms with Gasteiger partial charge in [-0.05, 0) is 68.3 Å². The van der Waals surface area contributed by atoms with Crippen LogP contribution in [0, 0.1) is 0 Å². The molecule has 2 aromatic carbocycles. The van der Waals surface area contributed by atoms with Gasteiger partial charge in [-0.3, -0.25) is 0 Å². The summed E-state index contributed by atoms with van der Waals surface area (Å²) in [7, 11) is 1.66. The Morgan fingerprint density at radius 3 is 2.49 bits per heavy atom. The third-order valence-corrected chi connectivity index (χ3v) is 5.53. The molecule has 0 aliphatic carbocycles. The van der Waals surface area contributed by atoms with Crippen LogP contribution in [-0.2, 0) is 11.2 Å². The van der Waals surface area contributed by atoms with Crippen LogP contribution in [0.5, 0.6) is 0 Å². The largest absolute Gasteiger partial charge is 0.496 e. The lowest BCUT2D eigenvalue weighted by Gasteiger charge is -2.12. The van der Waals surface area contributed by atoms with Crippen LogP contribution in [0.25, 0.3) is 5.57 Å². The lowest BCUT2D eigenvalue weighted by Crippen LogP contribution is -2.27. The highest BCUT2D eigenvalue weighted by molar-refractivity contribution is 5.78. The molecule has 0 aliphatic heterocycles. The first-order valence-corrected chi connectivity index (χ1v) is 12.6. The molecule has 1 atom stereocenters. The zero-order valence-electron chi connectivity index (χ0n) is 22.3. The zero-order chi connectivity index (χ0) is 26.9. The number of anilines is 1. The fraction of sp³-hybridized carbons (Fsp3) is 0.250. The number of methoxy groups -OCH3 is 1. The summed E-state index contributed by atoms with van der Waals surface area (Å²) in [6, 6.07) is 18.5. The van der Waals surface area contributed by atoms with Crippen LogP contribution in [0.15, 0.2) is 121 Å². The number of benzene rings is 2. The Morgan fingerprint density at radius 1 is 1.11 bits per heavy atom. The van der Waals surface area contributed by atoms with Crippen LogP contribution in [-0.4, -0.2) is 38.0 Å². The fourth-order valence-electron chi connectivity index (χ4n) is 3.68. The van der Waals surface area contributed by atoms with E-state index in [1.807, 2.05) is 50.3 Å². The molecule has 0 radical (unpaired) electrons. The lowest BCUT2D eigenvalue weighted by atomic mass is 10.0. The summed E-state index contributed by atoms with van der Waals surface area (Å²) in [6.45, 7) is 13.7. The van der Waals surface area contributed by atoms with Gasteiger partial charge in [-0.2, -0.15) is 0 Å². The minimum absolute atomic E-state index is 0.515. The molecule has 0 aliphatic rings. The maximum atomic E-state index is 10.1. The van der Waals surface area contributed by atoms with Gasteiger partial charge in [0.15, 0.2) is 0 Å². The third kappa shape index (κ3) is 11.2. The number of aliphatic hydroxyl groups excluding tert-OH is 1. The Balaban J connectivity index is 1.83. The van der Waals surface area contributed by atoms with Crippen molar-refractivity contribution in [3.05, 3.63) is 132 Å². The summed E-state index contributed by atoms with van der Waals surface area (Å²) in [5.74, 6) is 0.725. The van der Waals surface area contributed by atoms with E-state index in [1.165, 1.54) is 5.56 Å². The van der Waals surface area contributed by atoms with E-state index in [1.54, 1.807) is 19.3 Å². The summed E-state index contributed by atoms with van der Waals surface area (Å²) in [5, 5.41) is 20.0. The van der Waals surface area contributed by atoms with Crippen LogP contribution in [0.3, 0.4) is 0 Å².